The summed E-state index contributed by atoms with van der Waals surface area (Å²) < 4.78 is 0. The molecule has 1 heterocycles. The minimum Gasteiger partial charge on any atom is -0.392 e. The van der Waals surface area contributed by atoms with Crippen LogP contribution in [0, 0.1) is 12.8 Å². The van der Waals surface area contributed by atoms with E-state index in [1.807, 2.05) is 6.92 Å². The van der Waals surface area contributed by atoms with Crippen LogP contribution in [0.4, 0.5) is 0 Å². The van der Waals surface area contributed by atoms with Gasteiger partial charge in [0.05, 0.1) is 18.7 Å². The lowest BCUT2D eigenvalue weighted by Gasteiger charge is -2.35. The first kappa shape index (κ1) is 18.4. The predicted octanol–water partition coefficient (Wildman–Crippen LogP) is 1.56. The number of carbonyl (C=O) groups excluding carboxylic acids is 1. The van der Waals surface area contributed by atoms with Crippen LogP contribution in [0.15, 0.2) is 24.3 Å². The van der Waals surface area contributed by atoms with E-state index in [2.05, 4.69) is 46.3 Å². The molecule has 0 radical (unpaired) electrons. The van der Waals surface area contributed by atoms with Crippen molar-refractivity contribution in [3.05, 3.63) is 35.4 Å². The number of piperazine rings is 1. The number of hydrogen-bond donors (Lipinski definition) is 2. The molecule has 2 aliphatic rings. The minimum absolute atomic E-state index is 0.126. The Morgan fingerprint density at radius 2 is 1.76 bits per heavy atom. The van der Waals surface area contributed by atoms with Gasteiger partial charge in [0, 0.05) is 32.7 Å². The van der Waals surface area contributed by atoms with Crippen molar-refractivity contribution in [2.45, 2.75) is 38.8 Å². The zero-order chi connectivity index (χ0) is 17.8. The lowest BCUT2D eigenvalue weighted by atomic mass is 10.0. The van der Waals surface area contributed by atoms with Gasteiger partial charge in [-0.25, -0.2) is 0 Å². The highest BCUT2D eigenvalue weighted by Gasteiger charge is 2.33. The highest BCUT2D eigenvalue weighted by atomic mass is 16.3. The van der Waals surface area contributed by atoms with E-state index in [4.69, 9.17) is 0 Å². The molecule has 5 heteroatoms. The lowest BCUT2D eigenvalue weighted by Crippen LogP contribution is -2.51. The zero-order valence-corrected chi connectivity index (χ0v) is 15.4. The summed E-state index contributed by atoms with van der Waals surface area (Å²) in [5.41, 5.74) is 2.47. The van der Waals surface area contributed by atoms with Crippen LogP contribution in [0.25, 0.3) is 0 Å². The summed E-state index contributed by atoms with van der Waals surface area (Å²) in [6.45, 7) is 8.71. The van der Waals surface area contributed by atoms with Gasteiger partial charge in [-0.3, -0.25) is 14.6 Å². The molecule has 1 aromatic rings. The molecule has 138 valence electrons. The SMILES string of the molecule is Cc1ccc([C@@H](NC(=O)CN2CCN(C[C@@H](C)O)CC2)C2CC2)cc1. The molecule has 1 saturated heterocycles. The third-order valence-electron chi connectivity index (χ3n) is 5.20. The Morgan fingerprint density at radius 3 is 2.32 bits per heavy atom. The number of aryl methyl sites for hydroxylation is 1. The average Bonchev–Trinajstić information content (AvgIpc) is 3.40. The maximum Gasteiger partial charge on any atom is 0.234 e. The van der Waals surface area contributed by atoms with Crippen molar-refractivity contribution < 1.29 is 9.90 Å². The molecule has 25 heavy (non-hydrogen) atoms. The number of nitrogens with zero attached hydrogens (tertiary/aromatic N) is 2. The molecule has 1 amide bonds. The van der Waals surface area contributed by atoms with Gasteiger partial charge in [0.2, 0.25) is 5.91 Å². The number of β-amino-alcohol motifs (C(OH)–C–C–N with tert-alkyl or cyclic N) is 1. The summed E-state index contributed by atoms with van der Waals surface area (Å²) in [5, 5.41) is 12.8. The van der Waals surface area contributed by atoms with Crippen molar-refractivity contribution in [2.75, 3.05) is 39.3 Å². The molecule has 0 aromatic heterocycles. The van der Waals surface area contributed by atoms with Gasteiger partial charge in [-0.05, 0) is 38.2 Å². The molecule has 0 unspecified atom stereocenters. The lowest BCUT2D eigenvalue weighted by molar-refractivity contribution is -0.123. The van der Waals surface area contributed by atoms with E-state index in [9.17, 15) is 9.90 Å². The minimum atomic E-state index is -0.288. The van der Waals surface area contributed by atoms with Gasteiger partial charge in [-0.1, -0.05) is 29.8 Å². The summed E-state index contributed by atoms with van der Waals surface area (Å²) in [7, 11) is 0. The van der Waals surface area contributed by atoms with E-state index in [0.717, 1.165) is 32.7 Å². The predicted molar refractivity (Wildman–Crippen MR) is 99.3 cm³/mol. The smallest absolute Gasteiger partial charge is 0.234 e. The van der Waals surface area contributed by atoms with Gasteiger partial charge in [0.15, 0.2) is 0 Å². The maximum atomic E-state index is 12.5. The maximum absolute atomic E-state index is 12.5. The summed E-state index contributed by atoms with van der Waals surface area (Å²) in [6, 6.07) is 8.70. The van der Waals surface area contributed by atoms with Crippen LogP contribution in [-0.2, 0) is 4.79 Å². The normalized spacial score (nSPS) is 21.7. The Labute approximate surface area is 151 Å². The quantitative estimate of drug-likeness (QED) is 0.787. The molecule has 1 aliphatic heterocycles. The number of carbonyl (C=O) groups is 1. The summed E-state index contributed by atoms with van der Waals surface area (Å²) in [4.78, 5) is 17.0. The first-order valence-electron chi connectivity index (χ1n) is 9.50. The monoisotopic (exact) mass is 345 g/mol. The summed E-state index contributed by atoms with van der Waals surface area (Å²) in [5.74, 6) is 0.719. The number of benzene rings is 1. The van der Waals surface area contributed by atoms with Crippen molar-refractivity contribution in [3.63, 3.8) is 0 Å². The fourth-order valence-electron chi connectivity index (χ4n) is 3.60. The Morgan fingerprint density at radius 1 is 1.16 bits per heavy atom. The third kappa shape index (κ3) is 5.53. The van der Waals surface area contributed by atoms with Crippen LogP contribution in [0.3, 0.4) is 0 Å². The molecule has 1 aliphatic carbocycles. The first-order chi connectivity index (χ1) is 12.0. The number of nitrogens with one attached hydrogen (secondary N) is 1. The molecule has 2 atom stereocenters. The van der Waals surface area contributed by atoms with Gasteiger partial charge in [0.25, 0.3) is 0 Å². The second kappa shape index (κ2) is 8.30. The number of aliphatic hydroxyl groups excluding tert-OH is 1. The van der Waals surface area contributed by atoms with Gasteiger partial charge < -0.3 is 10.4 Å². The van der Waals surface area contributed by atoms with Crippen LogP contribution in [-0.4, -0.2) is 66.2 Å². The fraction of sp³-hybridized carbons (Fsp3) is 0.650. The van der Waals surface area contributed by atoms with E-state index < -0.39 is 0 Å². The fourth-order valence-corrected chi connectivity index (χ4v) is 3.60. The van der Waals surface area contributed by atoms with Crippen molar-refractivity contribution >= 4 is 5.91 Å². The van der Waals surface area contributed by atoms with Crippen molar-refractivity contribution in [2.24, 2.45) is 5.92 Å². The topological polar surface area (TPSA) is 55.8 Å². The highest BCUT2D eigenvalue weighted by Crippen LogP contribution is 2.41. The summed E-state index contributed by atoms with van der Waals surface area (Å²) in [6.07, 6.45) is 2.12. The average molecular weight is 345 g/mol. The van der Waals surface area contributed by atoms with Gasteiger partial charge in [-0.15, -0.1) is 0 Å². The molecule has 1 aromatic carbocycles. The van der Waals surface area contributed by atoms with Crippen LogP contribution < -0.4 is 5.32 Å². The zero-order valence-electron chi connectivity index (χ0n) is 15.4. The molecular weight excluding hydrogens is 314 g/mol. The first-order valence-corrected chi connectivity index (χ1v) is 9.50. The molecule has 2 N–H and O–H groups in total. The third-order valence-corrected chi connectivity index (χ3v) is 5.20. The summed E-state index contributed by atoms with van der Waals surface area (Å²) >= 11 is 0. The molecular formula is C20H31N3O2. The van der Waals surface area contributed by atoms with E-state index in [-0.39, 0.29) is 18.1 Å². The van der Waals surface area contributed by atoms with E-state index >= 15 is 0 Å². The van der Waals surface area contributed by atoms with Crippen LogP contribution in [0.1, 0.15) is 36.9 Å². The number of amides is 1. The molecule has 0 bridgehead atoms. The Kier molecular flexibility index (Phi) is 6.10. The van der Waals surface area contributed by atoms with Crippen molar-refractivity contribution in [1.29, 1.82) is 0 Å². The molecule has 5 nitrogen and oxygen atoms in total. The number of rotatable bonds is 7. The Balaban J connectivity index is 1.49. The molecule has 3 rings (SSSR count). The van der Waals surface area contributed by atoms with Crippen molar-refractivity contribution in [1.82, 2.24) is 15.1 Å². The van der Waals surface area contributed by atoms with E-state index in [1.54, 1.807) is 0 Å². The highest BCUT2D eigenvalue weighted by molar-refractivity contribution is 5.78. The van der Waals surface area contributed by atoms with Crippen molar-refractivity contribution in [3.8, 4) is 0 Å². The second-order valence-electron chi connectivity index (χ2n) is 7.72. The van der Waals surface area contributed by atoms with Crippen LogP contribution in [0.2, 0.25) is 0 Å². The Bertz CT molecular complexity index is 561. The molecule has 2 fully saturated rings. The van der Waals surface area contributed by atoms with E-state index in [1.165, 1.54) is 24.0 Å². The van der Waals surface area contributed by atoms with Gasteiger partial charge in [-0.2, -0.15) is 0 Å². The number of aliphatic hydroxyl groups is 1. The largest absolute Gasteiger partial charge is 0.392 e. The van der Waals surface area contributed by atoms with E-state index in [0.29, 0.717) is 12.5 Å². The molecule has 1 saturated carbocycles. The standard InChI is InChI=1S/C20H31N3O2/c1-15-3-5-17(6-4-15)20(18-7-8-18)21-19(25)14-23-11-9-22(10-12-23)13-16(2)24/h3-6,16,18,20,24H,7-14H2,1-2H3,(H,21,25)/t16-,20-/m1/s1. The van der Waals surface area contributed by atoms with Gasteiger partial charge in [0.1, 0.15) is 0 Å². The van der Waals surface area contributed by atoms with Crippen LogP contribution >= 0.6 is 0 Å². The Hall–Kier alpha value is -1.43. The second-order valence-corrected chi connectivity index (χ2v) is 7.72. The van der Waals surface area contributed by atoms with Gasteiger partial charge >= 0.3 is 0 Å². The van der Waals surface area contributed by atoms with Crippen LogP contribution in [0.5, 0.6) is 0 Å². The molecule has 0 spiro atoms. The number of hydrogen-bond acceptors (Lipinski definition) is 4.